The molecule has 4 aromatic rings. The van der Waals surface area contributed by atoms with Crippen LogP contribution in [-0.2, 0) is 19.5 Å². The lowest BCUT2D eigenvalue weighted by atomic mass is 10.1. The number of aromatic amines is 1. The minimum Gasteiger partial charge on any atom is -0.497 e. The zero-order chi connectivity index (χ0) is 20.8. The number of benzene rings is 1. The van der Waals surface area contributed by atoms with Crippen LogP contribution in [0.1, 0.15) is 28.3 Å². The van der Waals surface area contributed by atoms with Gasteiger partial charge in [-0.3, -0.25) is 14.8 Å². The van der Waals surface area contributed by atoms with Crippen LogP contribution in [0.25, 0.3) is 16.9 Å². The molecule has 3 aromatic heterocycles. The maximum absolute atomic E-state index is 13.2. The monoisotopic (exact) mass is 404 g/mol. The van der Waals surface area contributed by atoms with Crippen molar-refractivity contribution in [3.8, 4) is 17.0 Å². The molecule has 0 fully saturated rings. The lowest BCUT2D eigenvalue weighted by Gasteiger charge is -2.27. The van der Waals surface area contributed by atoms with E-state index in [1.807, 2.05) is 44.2 Å². The highest BCUT2D eigenvalue weighted by atomic mass is 16.5. The van der Waals surface area contributed by atoms with Crippen molar-refractivity contribution in [1.29, 1.82) is 0 Å². The van der Waals surface area contributed by atoms with Gasteiger partial charge in [0.05, 0.1) is 24.1 Å². The van der Waals surface area contributed by atoms with Gasteiger partial charge in [-0.1, -0.05) is 12.1 Å². The SMILES string of the molecule is COc1cccc(CN2CCc3nc4cc(-c5cc(C)oc5C)[nH]n4c(=O)c3C2)c1. The molecule has 0 amide bonds. The number of ether oxygens (including phenoxy) is 1. The average Bonchev–Trinajstić information content (AvgIpc) is 3.31. The second-order valence-electron chi connectivity index (χ2n) is 7.84. The van der Waals surface area contributed by atoms with E-state index in [2.05, 4.69) is 16.1 Å². The lowest BCUT2D eigenvalue weighted by Crippen LogP contribution is -2.36. The minimum absolute atomic E-state index is 0.0329. The van der Waals surface area contributed by atoms with E-state index in [4.69, 9.17) is 14.1 Å². The van der Waals surface area contributed by atoms with Crippen molar-refractivity contribution in [2.45, 2.75) is 33.4 Å². The van der Waals surface area contributed by atoms with E-state index < -0.39 is 0 Å². The van der Waals surface area contributed by atoms with Gasteiger partial charge in [-0.05, 0) is 37.6 Å². The topological polar surface area (TPSA) is 75.8 Å². The molecule has 1 N–H and O–H groups in total. The number of furan rings is 1. The van der Waals surface area contributed by atoms with Crippen LogP contribution in [0.3, 0.4) is 0 Å². The Morgan fingerprint density at radius 2 is 2.10 bits per heavy atom. The highest BCUT2D eigenvalue weighted by Gasteiger charge is 2.23. The molecule has 7 nitrogen and oxygen atoms in total. The third-order valence-electron chi connectivity index (χ3n) is 5.71. The molecule has 1 aliphatic rings. The van der Waals surface area contributed by atoms with E-state index in [1.54, 1.807) is 11.6 Å². The Morgan fingerprint density at radius 3 is 2.87 bits per heavy atom. The van der Waals surface area contributed by atoms with Crippen molar-refractivity contribution < 1.29 is 9.15 Å². The fourth-order valence-corrected chi connectivity index (χ4v) is 4.24. The van der Waals surface area contributed by atoms with Crippen molar-refractivity contribution in [2.75, 3.05) is 13.7 Å². The van der Waals surface area contributed by atoms with Gasteiger partial charge in [0.15, 0.2) is 5.65 Å². The predicted molar refractivity (Wildman–Crippen MR) is 114 cm³/mol. The second kappa shape index (κ2) is 7.18. The smallest absolute Gasteiger partial charge is 0.277 e. The summed E-state index contributed by atoms with van der Waals surface area (Å²) in [4.78, 5) is 20.3. The molecule has 0 radical (unpaired) electrons. The molecule has 7 heteroatoms. The van der Waals surface area contributed by atoms with E-state index in [0.717, 1.165) is 59.3 Å². The molecule has 0 bridgehead atoms. The summed E-state index contributed by atoms with van der Waals surface area (Å²) < 4.78 is 12.5. The molecule has 0 unspecified atom stereocenters. The lowest BCUT2D eigenvalue weighted by molar-refractivity contribution is 0.241. The van der Waals surface area contributed by atoms with Crippen LogP contribution in [0.4, 0.5) is 0 Å². The average molecular weight is 404 g/mol. The zero-order valence-corrected chi connectivity index (χ0v) is 17.4. The Kier molecular flexibility index (Phi) is 4.47. The third kappa shape index (κ3) is 3.21. The van der Waals surface area contributed by atoms with Crippen molar-refractivity contribution in [3.05, 3.63) is 75.1 Å². The third-order valence-corrected chi connectivity index (χ3v) is 5.71. The van der Waals surface area contributed by atoms with Gasteiger partial charge >= 0.3 is 0 Å². The highest BCUT2D eigenvalue weighted by molar-refractivity contribution is 5.66. The van der Waals surface area contributed by atoms with Gasteiger partial charge in [0.1, 0.15) is 17.3 Å². The summed E-state index contributed by atoms with van der Waals surface area (Å²) in [5.74, 6) is 2.51. The van der Waals surface area contributed by atoms with Crippen molar-refractivity contribution in [1.82, 2.24) is 19.5 Å². The van der Waals surface area contributed by atoms with E-state index in [-0.39, 0.29) is 5.56 Å². The minimum atomic E-state index is -0.0329. The molecule has 154 valence electrons. The number of fused-ring (bicyclic) bond motifs is 2. The van der Waals surface area contributed by atoms with Gasteiger partial charge in [0.2, 0.25) is 0 Å². The molecule has 0 saturated heterocycles. The van der Waals surface area contributed by atoms with E-state index in [1.165, 1.54) is 5.56 Å². The number of hydrogen-bond donors (Lipinski definition) is 1. The molecular weight excluding hydrogens is 380 g/mol. The van der Waals surface area contributed by atoms with Crippen LogP contribution in [0.2, 0.25) is 0 Å². The number of aromatic nitrogens is 3. The molecule has 0 aliphatic carbocycles. The number of nitrogens with zero attached hydrogens (tertiary/aromatic N) is 3. The van der Waals surface area contributed by atoms with Crippen molar-refractivity contribution in [3.63, 3.8) is 0 Å². The molecule has 0 spiro atoms. The summed E-state index contributed by atoms with van der Waals surface area (Å²) in [6.45, 7) is 6.05. The molecule has 0 atom stereocenters. The largest absolute Gasteiger partial charge is 0.497 e. The first-order chi connectivity index (χ1) is 14.5. The number of rotatable bonds is 4. The van der Waals surface area contributed by atoms with Gasteiger partial charge in [-0.2, -0.15) is 0 Å². The number of methoxy groups -OCH3 is 1. The van der Waals surface area contributed by atoms with Gasteiger partial charge in [0, 0.05) is 37.7 Å². The number of hydrogen-bond acceptors (Lipinski definition) is 5. The van der Waals surface area contributed by atoms with Crippen LogP contribution >= 0.6 is 0 Å². The Labute approximate surface area is 173 Å². The molecule has 5 rings (SSSR count). The van der Waals surface area contributed by atoms with Gasteiger partial charge in [0.25, 0.3) is 5.56 Å². The number of aryl methyl sites for hydroxylation is 2. The van der Waals surface area contributed by atoms with Crippen LogP contribution in [0.15, 0.2) is 45.6 Å². The zero-order valence-electron chi connectivity index (χ0n) is 17.4. The standard InChI is InChI=1S/C23H24N4O3/c1-14-9-18(15(2)30-14)21-11-22-24-20-7-8-26(13-19(20)23(28)27(22)25-21)12-16-5-4-6-17(10-16)29-3/h4-6,9-11,25H,7-8,12-13H2,1-3H3. The fraction of sp³-hybridized carbons (Fsp3) is 0.304. The van der Waals surface area contributed by atoms with Crippen molar-refractivity contribution >= 4 is 5.65 Å². The van der Waals surface area contributed by atoms with Crippen LogP contribution in [0.5, 0.6) is 5.75 Å². The van der Waals surface area contributed by atoms with Crippen LogP contribution in [-0.4, -0.2) is 33.2 Å². The molecular formula is C23H24N4O3. The van der Waals surface area contributed by atoms with Gasteiger partial charge in [-0.15, -0.1) is 0 Å². The van der Waals surface area contributed by atoms with E-state index >= 15 is 0 Å². The predicted octanol–water partition coefficient (Wildman–Crippen LogP) is 3.47. The first-order valence-electron chi connectivity index (χ1n) is 10.1. The van der Waals surface area contributed by atoms with E-state index in [9.17, 15) is 4.79 Å². The van der Waals surface area contributed by atoms with Crippen LogP contribution < -0.4 is 10.3 Å². The van der Waals surface area contributed by atoms with E-state index in [0.29, 0.717) is 12.2 Å². The summed E-state index contributed by atoms with van der Waals surface area (Å²) >= 11 is 0. The summed E-state index contributed by atoms with van der Waals surface area (Å²) in [6.07, 6.45) is 0.759. The summed E-state index contributed by atoms with van der Waals surface area (Å²) in [5.41, 5.74) is 5.23. The quantitative estimate of drug-likeness (QED) is 0.564. The Bertz CT molecular complexity index is 1300. The molecule has 1 aromatic carbocycles. The number of nitrogens with one attached hydrogen (secondary N) is 1. The summed E-state index contributed by atoms with van der Waals surface area (Å²) in [5, 5.41) is 3.21. The first kappa shape index (κ1) is 18.7. The van der Waals surface area contributed by atoms with Gasteiger partial charge in [-0.25, -0.2) is 9.50 Å². The molecule has 4 heterocycles. The Balaban J connectivity index is 1.47. The maximum Gasteiger partial charge on any atom is 0.277 e. The molecule has 0 saturated carbocycles. The normalized spacial score (nSPS) is 14.2. The van der Waals surface area contributed by atoms with Crippen LogP contribution in [0, 0.1) is 13.8 Å². The Hall–Kier alpha value is -3.32. The second-order valence-corrected chi connectivity index (χ2v) is 7.84. The van der Waals surface area contributed by atoms with Crippen molar-refractivity contribution in [2.24, 2.45) is 0 Å². The van der Waals surface area contributed by atoms with Gasteiger partial charge < -0.3 is 9.15 Å². The maximum atomic E-state index is 13.2. The number of H-pyrrole nitrogens is 1. The molecule has 30 heavy (non-hydrogen) atoms. The summed E-state index contributed by atoms with van der Waals surface area (Å²) in [7, 11) is 1.67. The molecule has 1 aliphatic heterocycles. The fourth-order valence-electron chi connectivity index (χ4n) is 4.24. The highest BCUT2D eigenvalue weighted by Crippen LogP contribution is 2.26. The Morgan fingerprint density at radius 1 is 1.23 bits per heavy atom. The summed E-state index contributed by atoms with van der Waals surface area (Å²) in [6, 6.07) is 11.9. The first-order valence-corrected chi connectivity index (χ1v) is 10.1.